The lowest BCUT2D eigenvalue weighted by Gasteiger charge is -2.12. The molecule has 1 amide bonds. The van der Waals surface area contributed by atoms with Gasteiger partial charge in [-0.3, -0.25) is 9.59 Å². The predicted octanol–water partition coefficient (Wildman–Crippen LogP) is 4.55. The number of aromatic nitrogens is 2. The molecule has 4 rings (SSSR count). The van der Waals surface area contributed by atoms with Gasteiger partial charge in [-0.05, 0) is 23.8 Å². The normalized spacial score (nSPS) is 10.7. The zero-order valence-corrected chi connectivity index (χ0v) is 18.6. The number of hydrogen-bond acceptors (Lipinski definition) is 5. The van der Waals surface area contributed by atoms with Crippen LogP contribution in [0.4, 0.5) is 5.69 Å². The molecular formula is C24H17Cl2N3O4. The molecule has 0 fully saturated rings. The van der Waals surface area contributed by atoms with E-state index in [1.807, 2.05) is 30.3 Å². The zero-order valence-electron chi connectivity index (χ0n) is 17.1. The Morgan fingerprint density at radius 2 is 1.61 bits per heavy atom. The van der Waals surface area contributed by atoms with Crippen LogP contribution in [-0.2, 0) is 16.1 Å². The van der Waals surface area contributed by atoms with Crippen molar-refractivity contribution >= 4 is 51.5 Å². The molecule has 0 unspecified atom stereocenters. The van der Waals surface area contributed by atoms with E-state index >= 15 is 0 Å². The molecule has 1 N–H and O–H groups in total. The first kappa shape index (κ1) is 22.5. The van der Waals surface area contributed by atoms with Gasteiger partial charge >= 0.3 is 5.97 Å². The van der Waals surface area contributed by atoms with E-state index in [0.717, 1.165) is 5.56 Å². The number of carbonyl (C=O) groups is 2. The van der Waals surface area contributed by atoms with Crippen molar-refractivity contribution in [2.45, 2.75) is 6.54 Å². The van der Waals surface area contributed by atoms with E-state index in [2.05, 4.69) is 10.4 Å². The number of hydrogen-bond donors (Lipinski definition) is 1. The molecule has 1 heterocycles. The fourth-order valence-corrected chi connectivity index (χ4v) is 3.58. The first-order chi connectivity index (χ1) is 15.9. The quantitative estimate of drug-likeness (QED) is 0.408. The topological polar surface area (TPSA) is 90.3 Å². The van der Waals surface area contributed by atoms with E-state index in [1.165, 1.54) is 4.68 Å². The number of nitrogens with one attached hydrogen (secondary N) is 1. The van der Waals surface area contributed by atoms with Crippen molar-refractivity contribution in [2.75, 3.05) is 11.9 Å². The van der Waals surface area contributed by atoms with Crippen molar-refractivity contribution < 1.29 is 14.3 Å². The highest BCUT2D eigenvalue weighted by Crippen LogP contribution is 2.29. The number of benzene rings is 3. The third-order valence-electron chi connectivity index (χ3n) is 4.80. The second kappa shape index (κ2) is 9.85. The first-order valence-electron chi connectivity index (χ1n) is 9.89. The van der Waals surface area contributed by atoms with Crippen LogP contribution in [0.5, 0.6) is 0 Å². The molecule has 0 saturated heterocycles. The summed E-state index contributed by atoms with van der Waals surface area (Å²) in [4.78, 5) is 38.0. The second-order valence-corrected chi connectivity index (χ2v) is 7.85. The van der Waals surface area contributed by atoms with Gasteiger partial charge in [-0.15, -0.1) is 0 Å². The molecule has 166 valence electrons. The van der Waals surface area contributed by atoms with E-state index in [4.69, 9.17) is 27.9 Å². The minimum absolute atomic E-state index is 0.0604. The summed E-state index contributed by atoms with van der Waals surface area (Å²) in [6.07, 6.45) is 0. The van der Waals surface area contributed by atoms with Crippen molar-refractivity contribution in [3.8, 4) is 0 Å². The Labute approximate surface area is 198 Å². The maximum atomic E-state index is 12.9. The second-order valence-electron chi connectivity index (χ2n) is 7.07. The van der Waals surface area contributed by atoms with Crippen molar-refractivity contribution in [3.05, 3.63) is 104 Å². The van der Waals surface area contributed by atoms with Gasteiger partial charge in [0.25, 0.3) is 11.5 Å². The Balaban J connectivity index is 1.57. The molecule has 9 heteroatoms. The Morgan fingerprint density at radius 1 is 0.909 bits per heavy atom. The molecule has 0 saturated carbocycles. The maximum absolute atomic E-state index is 12.9. The van der Waals surface area contributed by atoms with E-state index in [0.29, 0.717) is 16.5 Å². The van der Waals surface area contributed by atoms with Gasteiger partial charge in [-0.2, -0.15) is 5.10 Å². The number of carbonyl (C=O) groups excluding carboxylic acids is 2. The van der Waals surface area contributed by atoms with Crippen LogP contribution in [-0.4, -0.2) is 28.3 Å². The first-order valence-corrected chi connectivity index (χ1v) is 10.6. The van der Waals surface area contributed by atoms with Gasteiger partial charge in [0.15, 0.2) is 12.3 Å². The highest BCUT2D eigenvalue weighted by atomic mass is 35.5. The Hall–Kier alpha value is -3.68. The summed E-state index contributed by atoms with van der Waals surface area (Å²) < 4.78 is 6.39. The van der Waals surface area contributed by atoms with Crippen molar-refractivity contribution in [1.82, 2.24) is 9.78 Å². The highest BCUT2D eigenvalue weighted by Gasteiger charge is 2.19. The number of esters is 1. The summed E-state index contributed by atoms with van der Waals surface area (Å²) in [7, 11) is 0. The van der Waals surface area contributed by atoms with E-state index in [9.17, 15) is 14.4 Å². The number of amides is 1. The summed E-state index contributed by atoms with van der Waals surface area (Å²) in [5.74, 6) is -1.44. The minimum atomic E-state index is -0.833. The maximum Gasteiger partial charge on any atom is 0.359 e. The number of nitrogens with zero attached hydrogens (tertiary/aromatic N) is 2. The van der Waals surface area contributed by atoms with Crippen LogP contribution in [0.15, 0.2) is 77.6 Å². The van der Waals surface area contributed by atoms with Crippen LogP contribution in [0.3, 0.4) is 0 Å². The average Bonchev–Trinajstić information content (AvgIpc) is 2.83. The third-order valence-corrected chi connectivity index (χ3v) is 5.62. The fourth-order valence-electron chi connectivity index (χ4n) is 3.24. The molecule has 0 radical (unpaired) electrons. The van der Waals surface area contributed by atoms with Gasteiger partial charge < -0.3 is 10.1 Å². The van der Waals surface area contributed by atoms with Gasteiger partial charge in [0, 0.05) is 5.39 Å². The standard InChI is InChI=1S/C24H17Cl2N3O4/c25-18-11-6-12-19(21(18)26)27-20(30)14-33-24(32)22-16-9-4-5-10-17(16)23(31)29(28-22)13-15-7-2-1-3-8-15/h1-12H,13-14H2,(H,27,30). The number of anilines is 1. The van der Waals surface area contributed by atoms with E-state index < -0.39 is 18.5 Å². The predicted molar refractivity (Wildman–Crippen MR) is 127 cm³/mol. The Kier molecular flexibility index (Phi) is 6.72. The van der Waals surface area contributed by atoms with Crippen LogP contribution in [0.25, 0.3) is 10.8 Å². The van der Waals surface area contributed by atoms with Crippen LogP contribution in [0, 0.1) is 0 Å². The molecular weight excluding hydrogens is 465 g/mol. The number of halogens is 2. The number of rotatable bonds is 6. The minimum Gasteiger partial charge on any atom is -0.451 e. The summed E-state index contributed by atoms with van der Waals surface area (Å²) in [5.41, 5.74) is 0.749. The smallest absolute Gasteiger partial charge is 0.359 e. The van der Waals surface area contributed by atoms with Crippen LogP contribution >= 0.6 is 23.2 Å². The molecule has 0 bridgehead atoms. The van der Waals surface area contributed by atoms with Crippen molar-refractivity contribution in [2.24, 2.45) is 0 Å². The molecule has 7 nitrogen and oxygen atoms in total. The molecule has 33 heavy (non-hydrogen) atoms. The third kappa shape index (κ3) is 5.05. The molecule has 3 aromatic carbocycles. The lowest BCUT2D eigenvalue weighted by Crippen LogP contribution is -2.28. The summed E-state index contributed by atoms with van der Waals surface area (Å²) in [6, 6.07) is 20.7. The molecule has 0 aliphatic rings. The van der Waals surface area contributed by atoms with Crippen LogP contribution in [0.2, 0.25) is 10.0 Å². The Bertz CT molecular complexity index is 1400. The van der Waals surface area contributed by atoms with Gasteiger partial charge in [0.05, 0.1) is 27.7 Å². The fraction of sp³-hybridized carbons (Fsp3) is 0.0833. The van der Waals surface area contributed by atoms with Gasteiger partial charge in [-0.1, -0.05) is 77.8 Å². The highest BCUT2D eigenvalue weighted by molar-refractivity contribution is 6.44. The summed E-state index contributed by atoms with van der Waals surface area (Å²) in [5, 5.41) is 7.91. The molecule has 0 aliphatic carbocycles. The summed E-state index contributed by atoms with van der Waals surface area (Å²) >= 11 is 12.0. The average molecular weight is 482 g/mol. The number of fused-ring (bicyclic) bond motifs is 1. The largest absolute Gasteiger partial charge is 0.451 e. The van der Waals surface area contributed by atoms with Gasteiger partial charge in [-0.25, -0.2) is 9.48 Å². The summed E-state index contributed by atoms with van der Waals surface area (Å²) in [6.45, 7) is -0.395. The molecule has 0 spiro atoms. The molecule has 0 atom stereocenters. The zero-order chi connectivity index (χ0) is 23.4. The Morgan fingerprint density at radius 3 is 2.36 bits per heavy atom. The number of ether oxygens (including phenoxy) is 1. The lowest BCUT2D eigenvalue weighted by molar-refractivity contribution is -0.119. The van der Waals surface area contributed by atoms with Gasteiger partial charge in [0.2, 0.25) is 0 Å². The molecule has 4 aromatic rings. The van der Waals surface area contributed by atoms with E-state index in [1.54, 1.807) is 42.5 Å². The lowest BCUT2D eigenvalue weighted by atomic mass is 10.1. The van der Waals surface area contributed by atoms with Gasteiger partial charge in [0.1, 0.15) is 0 Å². The van der Waals surface area contributed by atoms with Crippen LogP contribution in [0.1, 0.15) is 16.1 Å². The SMILES string of the molecule is O=C(COC(=O)c1nn(Cc2ccccc2)c(=O)c2ccccc12)Nc1cccc(Cl)c1Cl. The monoisotopic (exact) mass is 481 g/mol. The van der Waals surface area contributed by atoms with Crippen molar-refractivity contribution in [1.29, 1.82) is 0 Å². The van der Waals surface area contributed by atoms with Crippen LogP contribution < -0.4 is 10.9 Å². The van der Waals surface area contributed by atoms with E-state index in [-0.39, 0.29) is 27.8 Å². The van der Waals surface area contributed by atoms with Crippen molar-refractivity contribution in [3.63, 3.8) is 0 Å². The molecule has 0 aliphatic heterocycles. The molecule has 1 aromatic heterocycles.